The van der Waals surface area contributed by atoms with Crippen LogP contribution in [0.4, 0.5) is 0 Å². The number of aryl methyl sites for hydroxylation is 2. The van der Waals surface area contributed by atoms with Gasteiger partial charge >= 0.3 is 0 Å². The predicted molar refractivity (Wildman–Crippen MR) is 56.2 cm³/mol. The lowest BCUT2D eigenvalue weighted by Crippen LogP contribution is -1.92. The molecule has 0 aliphatic carbocycles. The number of hydrogen-bond acceptors (Lipinski definition) is 2. The topological polar surface area (TPSA) is 30.7 Å². The van der Waals surface area contributed by atoms with Gasteiger partial charge in [-0.25, -0.2) is 0 Å². The van der Waals surface area contributed by atoms with E-state index in [1.807, 2.05) is 25.1 Å². The molecule has 0 fully saturated rings. The van der Waals surface area contributed by atoms with Crippen LogP contribution in [-0.4, -0.2) is 15.0 Å². The molecule has 2 rings (SSSR count). The molecule has 0 saturated heterocycles. The van der Waals surface area contributed by atoms with Gasteiger partial charge in [-0.05, 0) is 24.6 Å². The first-order valence-electron chi connectivity index (χ1n) is 4.29. The maximum Gasteiger partial charge on any atom is 0.113 e. The summed E-state index contributed by atoms with van der Waals surface area (Å²) in [5.74, 6) is 0. The van der Waals surface area contributed by atoms with E-state index in [1.54, 1.807) is 18.0 Å². The molecular weight excluding hydrogens is 198 g/mol. The second-order valence-corrected chi connectivity index (χ2v) is 3.61. The lowest BCUT2D eigenvalue weighted by atomic mass is 10.1. The Kier molecular flexibility index (Phi) is 2.25. The van der Waals surface area contributed by atoms with Crippen LogP contribution >= 0.6 is 11.6 Å². The maximum atomic E-state index is 5.87. The summed E-state index contributed by atoms with van der Waals surface area (Å²) in [4.78, 5) is 1.55. The van der Waals surface area contributed by atoms with Crippen LogP contribution in [-0.2, 0) is 7.05 Å². The molecule has 14 heavy (non-hydrogen) atoms. The summed E-state index contributed by atoms with van der Waals surface area (Å²) in [6.07, 6.45) is 1.75. The van der Waals surface area contributed by atoms with Gasteiger partial charge in [0.2, 0.25) is 0 Å². The molecule has 0 unspecified atom stereocenters. The van der Waals surface area contributed by atoms with Gasteiger partial charge in [0.25, 0.3) is 0 Å². The molecule has 0 saturated carbocycles. The van der Waals surface area contributed by atoms with Crippen molar-refractivity contribution in [2.75, 3.05) is 0 Å². The fourth-order valence-electron chi connectivity index (χ4n) is 1.38. The number of halogens is 1. The highest BCUT2D eigenvalue weighted by molar-refractivity contribution is 6.30. The Morgan fingerprint density at radius 3 is 2.71 bits per heavy atom. The minimum Gasteiger partial charge on any atom is -0.187 e. The molecule has 1 aromatic heterocycles. The van der Waals surface area contributed by atoms with E-state index in [2.05, 4.69) is 10.2 Å². The zero-order valence-corrected chi connectivity index (χ0v) is 8.78. The zero-order valence-electron chi connectivity index (χ0n) is 8.03. The smallest absolute Gasteiger partial charge is 0.113 e. The first kappa shape index (κ1) is 9.21. The Morgan fingerprint density at radius 1 is 1.36 bits per heavy atom. The van der Waals surface area contributed by atoms with Crippen LogP contribution in [0.5, 0.6) is 0 Å². The van der Waals surface area contributed by atoms with E-state index in [-0.39, 0.29) is 0 Å². The number of rotatable bonds is 1. The van der Waals surface area contributed by atoms with Gasteiger partial charge in [0.1, 0.15) is 5.69 Å². The van der Waals surface area contributed by atoms with Crippen LogP contribution in [0.15, 0.2) is 24.4 Å². The average Bonchev–Trinajstić information content (AvgIpc) is 2.51. The molecule has 0 bridgehead atoms. The van der Waals surface area contributed by atoms with Crippen molar-refractivity contribution in [3.63, 3.8) is 0 Å². The second-order valence-electron chi connectivity index (χ2n) is 3.18. The van der Waals surface area contributed by atoms with Gasteiger partial charge in [0.05, 0.1) is 6.20 Å². The Labute approximate surface area is 87.3 Å². The van der Waals surface area contributed by atoms with E-state index in [0.29, 0.717) is 0 Å². The van der Waals surface area contributed by atoms with Gasteiger partial charge in [-0.2, -0.15) is 15.0 Å². The number of aromatic nitrogens is 3. The highest BCUT2D eigenvalue weighted by atomic mass is 35.5. The third-order valence-electron chi connectivity index (χ3n) is 2.06. The zero-order chi connectivity index (χ0) is 10.1. The molecule has 0 amide bonds. The summed E-state index contributed by atoms with van der Waals surface area (Å²) in [6.45, 7) is 2.01. The molecular formula is C10H10ClN3. The van der Waals surface area contributed by atoms with Gasteiger partial charge in [-0.3, -0.25) is 0 Å². The minimum atomic E-state index is 0.746. The highest BCUT2D eigenvalue weighted by Crippen LogP contribution is 2.23. The van der Waals surface area contributed by atoms with E-state index in [9.17, 15) is 0 Å². The lowest BCUT2D eigenvalue weighted by Gasteiger charge is -2.01. The minimum absolute atomic E-state index is 0.746. The summed E-state index contributed by atoms with van der Waals surface area (Å²) < 4.78 is 0. The predicted octanol–water partition coefficient (Wildman–Crippen LogP) is 2.44. The molecule has 0 N–H and O–H groups in total. The monoisotopic (exact) mass is 207 g/mol. The summed E-state index contributed by atoms with van der Waals surface area (Å²) in [6, 6.07) is 5.74. The third kappa shape index (κ3) is 1.63. The van der Waals surface area contributed by atoms with Crippen molar-refractivity contribution in [2.24, 2.45) is 7.05 Å². The largest absolute Gasteiger partial charge is 0.187 e. The van der Waals surface area contributed by atoms with E-state index in [1.165, 1.54) is 0 Å². The van der Waals surface area contributed by atoms with E-state index < -0.39 is 0 Å². The van der Waals surface area contributed by atoms with Crippen molar-refractivity contribution >= 4 is 11.6 Å². The Balaban J connectivity index is 2.52. The van der Waals surface area contributed by atoms with Crippen LogP contribution in [0.25, 0.3) is 11.3 Å². The number of hydrogen-bond donors (Lipinski definition) is 0. The first-order chi connectivity index (χ1) is 6.66. The van der Waals surface area contributed by atoms with Crippen molar-refractivity contribution in [1.29, 1.82) is 0 Å². The van der Waals surface area contributed by atoms with Crippen molar-refractivity contribution in [3.05, 3.63) is 35.0 Å². The van der Waals surface area contributed by atoms with Crippen LogP contribution in [0.2, 0.25) is 5.02 Å². The summed E-state index contributed by atoms with van der Waals surface area (Å²) in [5.41, 5.74) is 3.06. The van der Waals surface area contributed by atoms with E-state index >= 15 is 0 Å². The van der Waals surface area contributed by atoms with E-state index in [4.69, 9.17) is 11.6 Å². The molecule has 1 heterocycles. The fourth-order valence-corrected chi connectivity index (χ4v) is 1.61. The molecule has 0 spiro atoms. The standard InChI is InChI=1S/C10H10ClN3/c1-7-5-8(11)3-4-9(7)10-6-12-14(2)13-10/h3-6H,1-2H3. The Bertz CT molecular complexity index is 462. The SMILES string of the molecule is Cc1cc(Cl)ccc1-c1cnn(C)n1. The fraction of sp³-hybridized carbons (Fsp3) is 0.200. The summed E-state index contributed by atoms with van der Waals surface area (Å²) >= 11 is 5.87. The van der Waals surface area contributed by atoms with Crippen LogP contribution < -0.4 is 0 Å². The van der Waals surface area contributed by atoms with Crippen molar-refractivity contribution in [1.82, 2.24) is 15.0 Å². The van der Waals surface area contributed by atoms with Crippen LogP contribution in [0.1, 0.15) is 5.56 Å². The number of nitrogens with zero attached hydrogens (tertiary/aromatic N) is 3. The quantitative estimate of drug-likeness (QED) is 0.719. The van der Waals surface area contributed by atoms with Gasteiger partial charge in [0.15, 0.2) is 0 Å². The molecule has 1 aromatic carbocycles. The van der Waals surface area contributed by atoms with Gasteiger partial charge in [-0.1, -0.05) is 17.7 Å². The molecule has 0 aliphatic heterocycles. The van der Waals surface area contributed by atoms with Crippen molar-refractivity contribution in [3.8, 4) is 11.3 Å². The summed E-state index contributed by atoms with van der Waals surface area (Å²) in [7, 11) is 1.80. The molecule has 0 radical (unpaired) electrons. The Hall–Kier alpha value is -1.35. The normalized spacial score (nSPS) is 10.5. The van der Waals surface area contributed by atoms with Crippen LogP contribution in [0, 0.1) is 6.92 Å². The molecule has 0 atom stereocenters. The molecule has 2 aromatic rings. The molecule has 0 aliphatic rings. The molecule has 4 heteroatoms. The maximum absolute atomic E-state index is 5.87. The van der Waals surface area contributed by atoms with Gasteiger partial charge < -0.3 is 0 Å². The van der Waals surface area contributed by atoms with Crippen molar-refractivity contribution < 1.29 is 0 Å². The molecule has 72 valence electrons. The molecule has 3 nitrogen and oxygen atoms in total. The highest BCUT2D eigenvalue weighted by Gasteiger charge is 2.05. The third-order valence-corrected chi connectivity index (χ3v) is 2.30. The number of benzene rings is 1. The second kappa shape index (κ2) is 3.42. The van der Waals surface area contributed by atoms with Gasteiger partial charge in [-0.15, -0.1) is 0 Å². The van der Waals surface area contributed by atoms with Gasteiger partial charge in [0, 0.05) is 17.6 Å². The lowest BCUT2D eigenvalue weighted by molar-refractivity contribution is 0.655. The summed E-state index contributed by atoms with van der Waals surface area (Å²) in [5, 5.41) is 9.01. The van der Waals surface area contributed by atoms with Crippen molar-refractivity contribution in [2.45, 2.75) is 6.92 Å². The Morgan fingerprint density at radius 2 is 2.14 bits per heavy atom. The first-order valence-corrected chi connectivity index (χ1v) is 4.67. The van der Waals surface area contributed by atoms with E-state index in [0.717, 1.165) is 21.8 Å². The average molecular weight is 208 g/mol. The van der Waals surface area contributed by atoms with Crippen LogP contribution in [0.3, 0.4) is 0 Å².